The van der Waals surface area contributed by atoms with Crippen molar-refractivity contribution < 1.29 is 13.9 Å². The molecule has 0 bridgehead atoms. The molecule has 0 fully saturated rings. The van der Waals surface area contributed by atoms with Crippen molar-refractivity contribution in [3.8, 4) is 0 Å². The third-order valence-corrected chi connectivity index (χ3v) is 4.86. The Kier molecular flexibility index (Phi) is 5.77. The fourth-order valence-corrected chi connectivity index (χ4v) is 3.58. The van der Waals surface area contributed by atoms with E-state index in [4.69, 9.17) is 28.6 Å². The lowest BCUT2D eigenvalue weighted by molar-refractivity contribution is -0.139. The maximum atomic E-state index is 13.6. The molecule has 0 saturated carbocycles. The Balaban J connectivity index is 2.13. The smallest absolute Gasteiger partial charge is 0.338 e. The van der Waals surface area contributed by atoms with Crippen LogP contribution >= 0.6 is 23.8 Å². The molecule has 2 aromatic carbocycles. The highest BCUT2D eigenvalue weighted by Gasteiger charge is 2.35. The van der Waals surface area contributed by atoms with E-state index in [2.05, 4.69) is 5.32 Å². The molecule has 3 rings (SSSR count). The van der Waals surface area contributed by atoms with Crippen molar-refractivity contribution in [3.63, 3.8) is 0 Å². The van der Waals surface area contributed by atoms with Gasteiger partial charge in [0.25, 0.3) is 0 Å². The fourth-order valence-electron chi connectivity index (χ4n) is 3.05. The minimum atomic E-state index is -0.522. The van der Waals surface area contributed by atoms with E-state index in [0.717, 1.165) is 5.56 Å². The zero-order chi connectivity index (χ0) is 19.6. The van der Waals surface area contributed by atoms with Gasteiger partial charge < -0.3 is 10.1 Å². The number of nitrogens with zero attached hydrogens (tertiary/aromatic N) is 1. The van der Waals surface area contributed by atoms with Gasteiger partial charge in [-0.25, -0.2) is 9.18 Å². The maximum Gasteiger partial charge on any atom is 0.338 e. The van der Waals surface area contributed by atoms with Crippen molar-refractivity contribution in [2.75, 3.05) is 11.5 Å². The molecule has 1 heterocycles. The van der Waals surface area contributed by atoms with Gasteiger partial charge in [0.15, 0.2) is 5.11 Å². The van der Waals surface area contributed by atoms with E-state index in [9.17, 15) is 9.18 Å². The molecule has 0 spiro atoms. The van der Waals surface area contributed by atoms with E-state index in [0.29, 0.717) is 22.1 Å². The van der Waals surface area contributed by atoms with E-state index < -0.39 is 17.8 Å². The highest BCUT2D eigenvalue weighted by Crippen LogP contribution is 2.35. The average molecular weight is 405 g/mol. The van der Waals surface area contributed by atoms with Crippen LogP contribution in [-0.2, 0) is 9.53 Å². The molecule has 1 N–H and O–H groups in total. The van der Waals surface area contributed by atoms with Crippen molar-refractivity contribution in [1.82, 2.24) is 5.32 Å². The summed E-state index contributed by atoms with van der Waals surface area (Å²) < 4.78 is 18.8. The zero-order valence-electron chi connectivity index (χ0n) is 14.8. The molecule has 1 unspecified atom stereocenters. The quantitative estimate of drug-likeness (QED) is 0.588. The summed E-state index contributed by atoms with van der Waals surface area (Å²) in [5.41, 5.74) is 2.49. The average Bonchev–Trinajstić information content (AvgIpc) is 2.65. The molecular weight excluding hydrogens is 387 g/mol. The number of anilines is 1. The number of esters is 1. The first kappa shape index (κ1) is 19.3. The molecular formula is C20H18ClFN2O2S. The first-order valence-electron chi connectivity index (χ1n) is 8.42. The topological polar surface area (TPSA) is 41.6 Å². The second kappa shape index (κ2) is 8.06. The zero-order valence-corrected chi connectivity index (χ0v) is 16.4. The van der Waals surface area contributed by atoms with Crippen LogP contribution in [0.5, 0.6) is 0 Å². The van der Waals surface area contributed by atoms with Crippen LogP contribution in [0.25, 0.3) is 0 Å². The lowest BCUT2D eigenvalue weighted by Crippen LogP contribution is -2.48. The minimum Gasteiger partial charge on any atom is -0.463 e. The molecule has 140 valence electrons. The number of benzene rings is 2. The molecule has 7 heteroatoms. The van der Waals surface area contributed by atoms with Crippen LogP contribution in [0.3, 0.4) is 0 Å². The summed E-state index contributed by atoms with van der Waals surface area (Å²) in [6, 6.07) is 13.4. The van der Waals surface area contributed by atoms with Crippen molar-refractivity contribution in [2.24, 2.45) is 0 Å². The van der Waals surface area contributed by atoms with E-state index in [-0.39, 0.29) is 11.6 Å². The number of ether oxygens (including phenoxy) is 1. The number of hydrogen-bond donors (Lipinski definition) is 1. The first-order valence-corrected chi connectivity index (χ1v) is 9.21. The molecule has 0 amide bonds. The van der Waals surface area contributed by atoms with Gasteiger partial charge in [-0.3, -0.25) is 4.90 Å². The largest absolute Gasteiger partial charge is 0.463 e. The Hall–Kier alpha value is -2.44. The van der Waals surface area contributed by atoms with Crippen LogP contribution in [0.4, 0.5) is 10.1 Å². The summed E-state index contributed by atoms with van der Waals surface area (Å²) >= 11 is 11.5. The lowest BCUT2D eigenvalue weighted by Gasteiger charge is -2.37. The van der Waals surface area contributed by atoms with Crippen LogP contribution < -0.4 is 10.2 Å². The minimum absolute atomic E-state index is 0.0223. The van der Waals surface area contributed by atoms with Gasteiger partial charge in [0.2, 0.25) is 0 Å². The van der Waals surface area contributed by atoms with Gasteiger partial charge in [-0.15, -0.1) is 0 Å². The Morgan fingerprint density at radius 3 is 2.63 bits per heavy atom. The predicted octanol–water partition coefficient (Wildman–Crippen LogP) is 4.75. The van der Waals surface area contributed by atoms with Gasteiger partial charge >= 0.3 is 5.97 Å². The number of allylic oxidation sites excluding steroid dienone is 1. The molecule has 27 heavy (non-hydrogen) atoms. The molecule has 4 nitrogen and oxygen atoms in total. The van der Waals surface area contributed by atoms with Crippen LogP contribution in [0, 0.1) is 5.82 Å². The van der Waals surface area contributed by atoms with E-state index >= 15 is 0 Å². The van der Waals surface area contributed by atoms with Gasteiger partial charge in [-0.2, -0.15) is 0 Å². The second-order valence-corrected chi connectivity index (χ2v) is 6.74. The SMILES string of the molecule is CCOC(=O)C1=C(C)N(c2ccc(F)c(Cl)c2)C(=S)NC1c1ccccc1. The normalized spacial score (nSPS) is 17.0. The standard InChI is InChI=1S/C20H18ClFN2O2S/c1-3-26-19(25)17-12(2)24(14-9-10-16(22)15(21)11-14)20(27)23-18(17)13-7-5-4-6-8-13/h4-11,18H,3H2,1-2H3,(H,23,27). The van der Waals surface area contributed by atoms with Gasteiger partial charge in [-0.1, -0.05) is 41.9 Å². The predicted molar refractivity (Wildman–Crippen MR) is 108 cm³/mol. The molecule has 0 saturated heterocycles. The number of carbonyl (C=O) groups is 1. The first-order chi connectivity index (χ1) is 12.9. The number of halogens is 2. The molecule has 2 aromatic rings. The van der Waals surface area contributed by atoms with E-state index in [1.54, 1.807) is 24.8 Å². The van der Waals surface area contributed by atoms with Crippen LogP contribution in [0.2, 0.25) is 5.02 Å². The summed E-state index contributed by atoms with van der Waals surface area (Å²) in [5.74, 6) is -0.956. The van der Waals surface area contributed by atoms with Gasteiger partial charge in [-0.05, 0) is 49.8 Å². The summed E-state index contributed by atoms with van der Waals surface area (Å²) in [5, 5.41) is 3.56. The molecule has 0 radical (unpaired) electrons. The molecule has 1 atom stereocenters. The van der Waals surface area contributed by atoms with Crippen molar-refractivity contribution in [1.29, 1.82) is 0 Å². The van der Waals surface area contributed by atoms with Gasteiger partial charge in [0.1, 0.15) is 5.82 Å². The highest BCUT2D eigenvalue weighted by molar-refractivity contribution is 7.80. The van der Waals surface area contributed by atoms with Gasteiger partial charge in [0.05, 0.1) is 23.2 Å². The number of nitrogens with one attached hydrogen (secondary N) is 1. The monoisotopic (exact) mass is 404 g/mol. The highest BCUT2D eigenvalue weighted by atomic mass is 35.5. The Morgan fingerprint density at radius 1 is 1.30 bits per heavy atom. The Labute approximate surface area is 167 Å². The molecule has 0 aromatic heterocycles. The van der Waals surface area contributed by atoms with Crippen LogP contribution in [0.1, 0.15) is 25.5 Å². The second-order valence-electron chi connectivity index (χ2n) is 5.95. The van der Waals surface area contributed by atoms with Crippen LogP contribution in [0.15, 0.2) is 59.8 Å². The van der Waals surface area contributed by atoms with Crippen molar-refractivity contribution in [2.45, 2.75) is 19.9 Å². The molecule has 0 aliphatic carbocycles. The van der Waals surface area contributed by atoms with Gasteiger partial charge in [0, 0.05) is 11.4 Å². The van der Waals surface area contributed by atoms with Crippen molar-refractivity contribution >= 4 is 40.6 Å². The Bertz CT molecular complexity index is 917. The summed E-state index contributed by atoms with van der Waals surface area (Å²) in [6.07, 6.45) is 0. The molecule has 1 aliphatic heterocycles. The third-order valence-electron chi connectivity index (χ3n) is 4.27. The summed E-state index contributed by atoms with van der Waals surface area (Å²) in [7, 11) is 0. The van der Waals surface area contributed by atoms with E-state index in [1.807, 2.05) is 30.3 Å². The summed E-state index contributed by atoms with van der Waals surface area (Å²) in [4.78, 5) is 14.4. The number of thiocarbonyl (C=S) groups is 1. The Morgan fingerprint density at radius 2 is 2.00 bits per heavy atom. The van der Waals surface area contributed by atoms with Crippen LogP contribution in [-0.4, -0.2) is 17.7 Å². The summed E-state index contributed by atoms with van der Waals surface area (Å²) in [6.45, 7) is 3.79. The third kappa shape index (κ3) is 3.82. The number of rotatable bonds is 4. The van der Waals surface area contributed by atoms with Crippen molar-refractivity contribution in [3.05, 3.63) is 76.2 Å². The fraction of sp³-hybridized carbons (Fsp3) is 0.200. The molecule has 1 aliphatic rings. The number of carbonyl (C=O) groups excluding carboxylic acids is 1. The number of hydrogen-bond acceptors (Lipinski definition) is 3. The maximum absolute atomic E-state index is 13.6. The lowest BCUT2D eigenvalue weighted by atomic mass is 9.95. The van der Waals surface area contributed by atoms with E-state index in [1.165, 1.54) is 12.1 Å².